The number of nitrogens with one attached hydrogen (secondary N) is 1. The van der Waals surface area contributed by atoms with E-state index in [1.54, 1.807) is 0 Å². The summed E-state index contributed by atoms with van der Waals surface area (Å²) >= 11 is 10.6. The highest BCUT2D eigenvalue weighted by molar-refractivity contribution is 6.27. The molecule has 1 aromatic heterocycles. The van der Waals surface area contributed by atoms with E-state index < -0.39 is 0 Å². The van der Waals surface area contributed by atoms with Crippen LogP contribution in [0.5, 0.6) is 0 Å². The zero-order valence-corrected chi connectivity index (χ0v) is 7.52. The summed E-state index contributed by atoms with van der Waals surface area (Å²) in [6.07, 6.45) is 1.37. The minimum Gasteiger partial charge on any atom is -0.436 e. The Morgan fingerprint density at radius 2 is 2.50 bits per heavy atom. The molecule has 0 atom stereocenters. The molecule has 1 heterocycles. The third-order valence-corrected chi connectivity index (χ3v) is 1.53. The lowest BCUT2D eigenvalue weighted by molar-refractivity contribution is -0.118. The first-order valence-corrected chi connectivity index (χ1v) is 4.06. The topological polar surface area (TPSA) is 55.1 Å². The molecule has 66 valence electrons. The van der Waals surface area contributed by atoms with E-state index in [-0.39, 0.29) is 23.7 Å². The Morgan fingerprint density at radius 3 is 3.00 bits per heavy atom. The number of carbonyl (C=O) groups excluding carboxylic acids is 1. The van der Waals surface area contributed by atoms with E-state index in [0.29, 0.717) is 5.69 Å². The summed E-state index contributed by atoms with van der Waals surface area (Å²) in [4.78, 5) is 14.4. The molecule has 0 saturated carbocycles. The normalized spacial score (nSPS) is 9.83. The van der Waals surface area contributed by atoms with Gasteiger partial charge in [0.1, 0.15) is 12.1 Å². The number of halogens is 2. The number of hydrogen-bond acceptors (Lipinski definition) is 3. The van der Waals surface area contributed by atoms with Crippen LogP contribution in [0.2, 0.25) is 5.35 Å². The van der Waals surface area contributed by atoms with Crippen molar-refractivity contribution in [3.05, 3.63) is 17.3 Å². The van der Waals surface area contributed by atoms with E-state index in [1.807, 2.05) is 0 Å². The maximum atomic E-state index is 10.7. The zero-order chi connectivity index (χ0) is 8.97. The second kappa shape index (κ2) is 4.33. The third kappa shape index (κ3) is 2.71. The van der Waals surface area contributed by atoms with Crippen LogP contribution >= 0.6 is 23.2 Å². The number of nitrogens with zero attached hydrogens (tertiary/aromatic N) is 1. The highest BCUT2D eigenvalue weighted by Crippen LogP contribution is 2.06. The van der Waals surface area contributed by atoms with Gasteiger partial charge in [-0.05, 0) is 11.6 Å². The van der Waals surface area contributed by atoms with Gasteiger partial charge in [-0.15, -0.1) is 11.6 Å². The SMILES string of the molecule is O=C(CCl)NCc1coc(Cl)n1. The Morgan fingerprint density at radius 1 is 1.75 bits per heavy atom. The number of oxazole rings is 1. The molecule has 1 amide bonds. The molecule has 0 saturated heterocycles. The second-order valence-electron chi connectivity index (χ2n) is 2.00. The fourth-order valence-electron chi connectivity index (χ4n) is 0.600. The van der Waals surface area contributed by atoms with Crippen LogP contribution in [-0.2, 0) is 11.3 Å². The van der Waals surface area contributed by atoms with E-state index in [0.717, 1.165) is 0 Å². The van der Waals surface area contributed by atoms with E-state index in [2.05, 4.69) is 10.3 Å². The first-order chi connectivity index (χ1) is 5.72. The van der Waals surface area contributed by atoms with Gasteiger partial charge in [0.2, 0.25) is 5.91 Å². The van der Waals surface area contributed by atoms with Crippen LogP contribution < -0.4 is 5.32 Å². The average molecular weight is 209 g/mol. The zero-order valence-electron chi connectivity index (χ0n) is 6.01. The molecule has 0 bridgehead atoms. The van der Waals surface area contributed by atoms with Crippen LogP contribution in [0.4, 0.5) is 0 Å². The number of amides is 1. The van der Waals surface area contributed by atoms with Crippen LogP contribution in [0, 0.1) is 0 Å². The van der Waals surface area contributed by atoms with Crippen molar-refractivity contribution in [2.45, 2.75) is 6.54 Å². The van der Waals surface area contributed by atoms with Gasteiger partial charge in [0.15, 0.2) is 0 Å². The quantitative estimate of drug-likeness (QED) is 0.760. The molecule has 1 aromatic rings. The monoisotopic (exact) mass is 208 g/mol. The third-order valence-electron chi connectivity index (χ3n) is 1.11. The number of alkyl halides is 1. The van der Waals surface area contributed by atoms with Gasteiger partial charge in [0, 0.05) is 0 Å². The maximum absolute atomic E-state index is 10.7. The minimum absolute atomic E-state index is 0.0603. The molecule has 0 fully saturated rings. The van der Waals surface area contributed by atoms with Crippen molar-refractivity contribution >= 4 is 29.1 Å². The summed E-state index contributed by atoms with van der Waals surface area (Å²) in [5, 5.41) is 2.57. The number of aromatic nitrogens is 1. The highest BCUT2D eigenvalue weighted by Gasteiger charge is 2.02. The van der Waals surface area contributed by atoms with Crippen molar-refractivity contribution in [1.29, 1.82) is 0 Å². The number of carbonyl (C=O) groups is 1. The second-order valence-corrected chi connectivity index (χ2v) is 2.59. The Labute approximate surface area is 78.9 Å². The molecule has 1 N–H and O–H groups in total. The Balaban J connectivity index is 2.38. The molecule has 1 rings (SSSR count). The average Bonchev–Trinajstić information content (AvgIpc) is 2.47. The Hall–Kier alpha value is -0.740. The molecule has 12 heavy (non-hydrogen) atoms. The molecule has 0 spiro atoms. The molecule has 4 nitrogen and oxygen atoms in total. The lowest BCUT2D eigenvalue weighted by atomic mass is 10.5. The van der Waals surface area contributed by atoms with Crippen LogP contribution in [0.3, 0.4) is 0 Å². The van der Waals surface area contributed by atoms with Crippen molar-refractivity contribution in [1.82, 2.24) is 10.3 Å². The lowest BCUT2D eigenvalue weighted by Gasteiger charge is -1.96. The fourth-order valence-corrected chi connectivity index (χ4v) is 0.847. The summed E-state index contributed by atoms with van der Waals surface area (Å²) < 4.78 is 4.70. The van der Waals surface area contributed by atoms with E-state index in [9.17, 15) is 4.79 Å². The van der Waals surface area contributed by atoms with Crippen LogP contribution in [0.15, 0.2) is 10.7 Å². The van der Waals surface area contributed by atoms with Gasteiger partial charge in [0.25, 0.3) is 5.35 Å². The molecular weight excluding hydrogens is 203 g/mol. The number of hydrogen-bond donors (Lipinski definition) is 1. The Bertz CT molecular complexity index is 274. The number of rotatable bonds is 3. The van der Waals surface area contributed by atoms with Crippen LogP contribution in [-0.4, -0.2) is 16.8 Å². The predicted molar refractivity (Wildman–Crippen MR) is 44.1 cm³/mol. The molecule has 0 aromatic carbocycles. The molecule has 0 unspecified atom stereocenters. The molecule has 0 aliphatic rings. The van der Waals surface area contributed by atoms with E-state index in [4.69, 9.17) is 27.6 Å². The standard InChI is InChI=1S/C6H6Cl2N2O2/c7-1-5(11)9-2-4-3-12-6(8)10-4/h3H,1-2H2,(H,9,11). The van der Waals surface area contributed by atoms with Gasteiger partial charge >= 0.3 is 0 Å². The molecular formula is C6H6Cl2N2O2. The summed E-state index contributed by atoms with van der Waals surface area (Å²) in [7, 11) is 0. The van der Waals surface area contributed by atoms with Crippen molar-refractivity contribution < 1.29 is 9.21 Å². The highest BCUT2D eigenvalue weighted by atomic mass is 35.5. The van der Waals surface area contributed by atoms with Gasteiger partial charge in [-0.25, -0.2) is 4.98 Å². The van der Waals surface area contributed by atoms with Crippen molar-refractivity contribution in [2.75, 3.05) is 5.88 Å². The van der Waals surface area contributed by atoms with Crippen LogP contribution in [0.1, 0.15) is 5.69 Å². The summed E-state index contributed by atoms with van der Waals surface area (Å²) in [5.41, 5.74) is 0.568. The van der Waals surface area contributed by atoms with Gasteiger partial charge in [0.05, 0.1) is 12.2 Å². The lowest BCUT2D eigenvalue weighted by Crippen LogP contribution is -2.23. The maximum Gasteiger partial charge on any atom is 0.292 e. The minimum atomic E-state index is -0.254. The van der Waals surface area contributed by atoms with E-state index in [1.165, 1.54) is 6.26 Å². The molecule has 6 heteroatoms. The summed E-state index contributed by atoms with van der Waals surface area (Å²) in [5.74, 6) is -0.318. The fraction of sp³-hybridized carbons (Fsp3) is 0.333. The van der Waals surface area contributed by atoms with Crippen molar-refractivity contribution in [3.8, 4) is 0 Å². The summed E-state index contributed by atoms with van der Waals surface area (Å²) in [6, 6.07) is 0. The molecule has 0 aliphatic heterocycles. The van der Waals surface area contributed by atoms with Crippen molar-refractivity contribution in [2.24, 2.45) is 0 Å². The first-order valence-electron chi connectivity index (χ1n) is 3.15. The predicted octanol–water partition coefficient (Wildman–Crippen LogP) is 1.18. The van der Waals surface area contributed by atoms with E-state index >= 15 is 0 Å². The smallest absolute Gasteiger partial charge is 0.292 e. The first kappa shape index (κ1) is 9.35. The molecule has 0 aliphatic carbocycles. The summed E-state index contributed by atoms with van der Waals surface area (Å²) in [6.45, 7) is 0.280. The van der Waals surface area contributed by atoms with Gasteiger partial charge in [-0.3, -0.25) is 4.79 Å². The van der Waals surface area contributed by atoms with Crippen molar-refractivity contribution in [3.63, 3.8) is 0 Å². The molecule has 0 radical (unpaired) electrons. The Kier molecular flexibility index (Phi) is 3.37. The van der Waals surface area contributed by atoms with Gasteiger partial charge < -0.3 is 9.73 Å². The largest absolute Gasteiger partial charge is 0.436 e. The van der Waals surface area contributed by atoms with Crippen LogP contribution in [0.25, 0.3) is 0 Å². The van der Waals surface area contributed by atoms with Gasteiger partial charge in [-0.2, -0.15) is 0 Å². The van der Waals surface area contributed by atoms with Gasteiger partial charge in [-0.1, -0.05) is 0 Å².